The van der Waals surface area contributed by atoms with Crippen molar-refractivity contribution >= 4 is 41.4 Å². The molecule has 4 amide bonds. The Morgan fingerprint density at radius 3 is 2.19 bits per heavy atom. The second kappa shape index (κ2) is 25.7. The molecule has 0 saturated carbocycles. The Balaban J connectivity index is 0.803. The van der Waals surface area contributed by atoms with Crippen molar-refractivity contribution in [2.45, 2.75) is 154 Å². The molecule has 3 aromatic carbocycles. The number of esters is 2. The van der Waals surface area contributed by atoms with Gasteiger partial charge in [0, 0.05) is 36.9 Å². The van der Waals surface area contributed by atoms with Gasteiger partial charge in [0.15, 0.2) is 0 Å². The Kier molecular flexibility index (Phi) is 19.3. The van der Waals surface area contributed by atoms with Crippen molar-refractivity contribution in [1.82, 2.24) is 16.0 Å². The average Bonchev–Trinajstić information content (AvgIpc) is 4.05. The number of fused-ring (bicyclic) bond motifs is 3. The number of methoxy groups -OCH3 is 1. The van der Waals surface area contributed by atoms with Crippen molar-refractivity contribution in [3.63, 3.8) is 0 Å². The average molecular weight is 1030 g/mol. The molecule has 75 heavy (non-hydrogen) atoms. The van der Waals surface area contributed by atoms with E-state index < -0.39 is 42.1 Å². The molecular weight excluding hydrogens is 957 g/mol. The van der Waals surface area contributed by atoms with Crippen molar-refractivity contribution in [1.29, 1.82) is 0 Å². The van der Waals surface area contributed by atoms with Gasteiger partial charge in [0.05, 0.1) is 56.2 Å². The Hall–Kier alpha value is -6.62. The normalized spacial score (nSPS) is 24.4. The van der Waals surface area contributed by atoms with E-state index in [4.69, 9.17) is 28.4 Å². The van der Waals surface area contributed by atoms with Gasteiger partial charge in [-0.2, -0.15) is 0 Å². The molecule has 3 fully saturated rings. The minimum atomic E-state index is -0.975. The van der Waals surface area contributed by atoms with Gasteiger partial charge < -0.3 is 49.7 Å². The smallest absolute Gasteiger partial charge is 0.407 e. The first-order chi connectivity index (χ1) is 35.9. The van der Waals surface area contributed by atoms with Gasteiger partial charge in [-0.3, -0.25) is 24.0 Å². The number of allylic oxidation sites excluding steroid dienone is 2. The number of amides is 4. The number of hydrogen-bond acceptors (Lipinski definition) is 12. The minimum absolute atomic E-state index is 0.00599. The van der Waals surface area contributed by atoms with Gasteiger partial charge in [0.25, 0.3) is 0 Å². The molecule has 16 nitrogen and oxygen atoms in total. The fourth-order valence-electron chi connectivity index (χ4n) is 10.2. The van der Waals surface area contributed by atoms with Crippen LogP contribution in [0.4, 0.5) is 10.5 Å². The molecule has 0 bridgehead atoms. The number of hydrogen-bond donors (Lipinski definition) is 4. The van der Waals surface area contributed by atoms with E-state index in [0.717, 1.165) is 40.7 Å². The van der Waals surface area contributed by atoms with Crippen molar-refractivity contribution in [3.05, 3.63) is 125 Å². The van der Waals surface area contributed by atoms with E-state index >= 15 is 0 Å². The first kappa shape index (κ1) is 56.1. The van der Waals surface area contributed by atoms with Gasteiger partial charge in [-0.1, -0.05) is 111 Å². The third-order valence-electron chi connectivity index (χ3n) is 14.5. The molecule has 3 saturated heterocycles. The molecule has 0 radical (unpaired) electrons. The van der Waals surface area contributed by atoms with E-state index in [0.29, 0.717) is 30.7 Å². The fraction of sp³-hybridized carbons (Fsp3) is 0.492. The quantitative estimate of drug-likeness (QED) is 0.0262. The van der Waals surface area contributed by atoms with E-state index in [1.54, 1.807) is 52.0 Å². The molecule has 1 aliphatic carbocycles. The van der Waals surface area contributed by atoms with Crippen LogP contribution in [-0.2, 0) is 58.8 Å². The number of anilines is 1. The van der Waals surface area contributed by atoms with Gasteiger partial charge in [-0.25, -0.2) is 4.79 Å². The maximum Gasteiger partial charge on any atom is 0.407 e. The van der Waals surface area contributed by atoms with Gasteiger partial charge in [0.2, 0.25) is 17.7 Å². The Bertz CT molecular complexity index is 2580. The second-order valence-electron chi connectivity index (χ2n) is 20.8. The zero-order chi connectivity index (χ0) is 53.8. The van der Waals surface area contributed by atoms with Gasteiger partial charge in [0.1, 0.15) is 24.8 Å². The van der Waals surface area contributed by atoms with E-state index in [9.17, 15) is 28.8 Å². The Morgan fingerprint density at radius 2 is 1.51 bits per heavy atom. The lowest BCUT2D eigenvalue weighted by molar-refractivity contribution is -0.147. The highest BCUT2D eigenvalue weighted by Crippen LogP contribution is 2.45. The van der Waals surface area contributed by atoms with Crippen molar-refractivity contribution in [2.24, 2.45) is 11.8 Å². The van der Waals surface area contributed by atoms with Crippen LogP contribution in [0.2, 0.25) is 0 Å². The number of ether oxygens (including phenoxy) is 6. The summed E-state index contributed by atoms with van der Waals surface area (Å²) < 4.78 is 34.4. The van der Waals surface area contributed by atoms with Crippen LogP contribution < -0.4 is 21.3 Å². The van der Waals surface area contributed by atoms with Gasteiger partial charge >= 0.3 is 18.0 Å². The van der Waals surface area contributed by atoms with Crippen molar-refractivity contribution in [3.8, 4) is 11.1 Å². The standard InChI is InChI=1S/C59H74N4O12/c1-35(2)55(63-58(69)71-33-48-46-18-12-10-16-44(46)45-17-11-13-19-47(45)48)57(68)60-39(6)56(67)62-49-20-14-9-15-41(49)24-28-53(65)73-38(5)23-27-52(64)61-50-29-37(4)51(74-40(50)7)26-22-36(3)21-25-42-31-59(34-72-59)32-43(75-42)30-54(66)70-8/h9-23,25,27,35,37-40,42-43,48,50-51,55H,24,26,28-34H2,1-8H3,(H,60,68)(H,61,64)(H,62,67)(H,63,69)/t37-,38-,39-,40+,42+,43+,50+,51-,55-,59-/m0/s1. The summed E-state index contributed by atoms with van der Waals surface area (Å²) in [6.07, 6.45) is 10.4. The molecule has 0 unspecified atom stereocenters. The summed E-state index contributed by atoms with van der Waals surface area (Å²) >= 11 is 0. The van der Waals surface area contributed by atoms with E-state index in [-0.39, 0.29) is 91.6 Å². The molecule has 16 heteroatoms. The van der Waals surface area contributed by atoms with Crippen LogP contribution in [0.15, 0.2) is 109 Å². The van der Waals surface area contributed by atoms with Crippen molar-refractivity contribution < 1.29 is 57.2 Å². The minimum Gasteiger partial charge on any atom is -0.469 e. The third-order valence-corrected chi connectivity index (χ3v) is 14.5. The molecular formula is C59H74N4O12. The zero-order valence-electron chi connectivity index (χ0n) is 44.4. The Morgan fingerprint density at radius 1 is 0.827 bits per heavy atom. The number of carbonyl (C=O) groups is 6. The SMILES string of the molecule is COC(=O)C[C@@H]1C[C@]2(CO2)C[C@@H](C=CC(C)=CC[C@@H]2O[C@H](C)[C@H](NC(=O)C=C[C@H](C)OC(=O)CCc3ccccc3NC(=O)[C@H](C)NC(=O)[C@@H](NC(=O)OCC3c4ccccc4-c4ccccc43)C(C)C)C[C@@H]2C)O1. The molecule has 4 N–H and O–H groups in total. The summed E-state index contributed by atoms with van der Waals surface area (Å²) in [5, 5.41) is 11.3. The summed E-state index contributed by atoms with van der Waals surface area (Å²) in [6, 6.07) is 21.0. The van der Waals surface area contributed by atoms with E-state index in [2.05, 4.69) is 46.4 Å². The molecule has 3 heterocycles. The van der Waals surface area contributed by atoms with Gasteiger partial charge in [-0.05, 0) is 98.8 Å². The Labute approximate surface area is 440 Å². The highest BCUT2D eigenvalue weighted by atomic mass is 16.6. The molecule has 3 aliphatic heterocycles. The number of alkyl carbamates (subject to hydrolysis) is 1. The molecule has 402 valence electrons. The summed E-state index contributed by atoms with van der Waals surface area (Å²) in [5.74, 6) is -2.41. The maximum absolute atomic E-state index is 13.5. The number of carbonyl (C=O) groups excluding carboxylic acids is 6. The lowest BCUT2D eigenvalue weighted by atomic mass is 9.88. The zero-order valence-corrected chi connectivity index (χ0v) is 44.4. The maximum atomic E-state index is 13.5. The lowest BCUT2D eigenvalue weighted by Crippen LogP contribution is -2.53. The topological polar surface area (TPSA) is 209 Å². The number of aryl methyl sites for hydroxylation is 1. The summed E-state index contributed by atoms with van der Waals surface area (Å²) in [5.41, 5.74) is 6.38. The molecule has 4 aliphatic rings. The molecule has 7 rings (SSSR count). The van der Waals surface area contributed by atoms with Crippen LogP contribution in [0.3, 0.4) is 0 Å². The van der Waals surface area contributed by atoms with Crippen LogP contribution in [0.1, 0.15) is 110 Å². The number of para-hydroxylation sites is 1. The third kappa shape index (κ3) is 15.5. The van der Waals surface area contributed by atoms with Crippen LogP contribution in [-0.4, -0.2) is 110 Å². The molecule has 1 spiro atoms. The predicted molar refractivity (Wildman–Crippen MR) is 283 cm³/mol. The first-order valence-corrected chi connectivity index (χ1v) is 26.3. The number of epoxide rings is 1. The summed E-state index contributed by atoms with van der Waals surface area (Å²) in [4.78, 5) is 77.9. The predicted octanol–water partition coefficient (Wildman–Crippen LogP) is 8.18. The monoisotopic (exact) mass is 1030 g/mol. The number of nitrogens with one attached hydrogen (secondary N) is 4. The second-order valence-corrected chi connectivity index (χ2v) is 20.8. The molecule has 10 atom stereocenters. The van der Waals surface area contributed by atoms with Crippen LogP contribution >= 0.6 is 0 Å². The largest absolute Gasteiger partial charge is 0.469 e. The van der Waals surface area contributed by atoms with Gasteiger partial charge in [-0.15, -0.1) is 0 Å². The first-order valence-electron chi connectivity index (χ1n) is 26.3. The van der Waals surface area contributed by atoms with Crippen molar-refractivity contribution in [2.75, 3.05) is 25.6 Å². The molecule has 0 aromatic heterocycles. The van der Waals surface area contributed by atoms with E-state index in [1.807, 2.05) is 62.4 Å². The lowest BCUT2D eigenvalue weighted by Gasteiger charge is -2.39. The fourth-order valence-corrected chi connectivity index (χ4v) is 10.2. The molecule has 3 aromatic rings. The van der Waals surface area contributed by atoms with Crippen LogP contribution in [0.5, 0.6) is 0 Å². The number of rotatable bonds is 21. The highest BCUT2D eigenvalue weighted by Gasteiger charge is 2.51. The summed E-state index contributed by atoms with van der Waals surface area (Å²) in [7, 11) is 1.38. The van der Waals surface area contributed by atoms with Crippen LogP contribution in [0.25, 0.3) is 11.1 Å². The summed E-state index contributed by atoms with van der Waals surface area (Å²) in [6.45, 7) is 13.7. The van der Waals surface area contributed by atoms with Crippen LogP contribution in [0, 0.1) is 11.8 Å². The number of benzene rings is 3. The highest BCUT2D eigenvalue weighted by molar-refractivity contribution is 5.98. The van der Waals surface area contributed by atoms with E-state index in [1.165, 1.54) is 19.3 Å².